The maximum absolute atomic E-state index is 11.3. The summed E-state index contributed by atoms with van der Waals surface area (Å²) in [5.74, 6) is -0.192. The van der Waals surface area contributed by atoms with Gasteiger partial charge in [0.05, 0.1) is 7.11 Å². The van der Waals surface area contributed by atoms with Gasteiger partial charge in [-0.05, 0) is 19.3 Å². The van der Waals surface area contributed by atoms with Gasteiger partial charge in [0, 0.05) is 32.0 Å². The van der Waals surface area contributed by atoms with Crippen molar-refractivity contribution >= 4 is 11.9 Å². The molecule has 1 saturated carbocycles. The molecule has 1 fully saturated rings. The minimum absolute atomic E-state index is 0.0398. The van der Waals surface area contributed by atoms with Crippen LogP contribution in [0.4, 0.5) is 0 Å². The minimum atomic E-state index is -0.232. The predicted octanol–water partition coefficient (Wildman–Crippen LogP) is 0.198. The molecule has 0 saturated heterocycles. The molecule has 1 aliphatic carbocycles. The lowest BCUT2D eigenvalue weighted by Crippen LogP contribution is -2.29. The monoisotopic (exact) mass is 228 g/mol. The van der Waals surface area contributed by atoms with Gasteiger partial charge >= 0.3 is 5.97 Å². The Kier molecular flexibility index (Phi) is 5.85. The number of ether oxygens (including phenoxy) is 1. The molecule has 0 bridgehead atoms. The zero-order valence-corrected chi connectivity index (χ0v) is 9.75. The minimum Gasteiger partial charge on any atom is -0.469 e. The first kappa shape index (κ1) is 13.0. The van der Waals surface area contributed by atoms with E-state index in [1.54, 1.807) is 0 Å². The van der Waals surface area contributed by atoms with Crippen LogP contribution in [0.3, 0.4) is 0 Å². The summed E-state index contributed by atoms with van der Waals surface area (Å²) < 4.78 is 4.49. The van der Waals surface area contributed by atoms with E-state index in [4.69, 9.17) is 0 Å². The first-order valence-corrected chi connectivity index (χ1v) is 5.79. The van der Waals surface area contributed by atoms with E-state index >= 15 is 0 Å². The van der Waals surface area contributed by atoms with E-state index in [1.807, 2.05) is 0 Å². The second kappa shape index (κ2) is 7.22. The number of nitrogens with one attached hydrogen (secondary N) is 2. The van der Waals surface area contributed by atoms with Crippen molar-refractivity contribution in [3.05, 3.63) is 0 Å². The van der Waals surface area contributed by atoms with Crippen LogP contribution in [0.5, 0.6) is 0 Å². The van der Waals surface area contributed by atoms with Gasteiger partial charge in [0.2, 0.25) is 5.91 Å². The molecule has 0 atom stereocenters. The lowest BCUT2D eigenvalue weighted by molar-refractivity contribution is -0.140. The summed E-state index contributed by atoms with van der Waals surface area (Å²) in [6.07, 6.45) is 3.97. The van der Waals surface area contributed by atoms with Gasteiger partial charge in [-0.1, -0.05) is 0 Å². The standard InChI is InChI=1S/C11H20N2O3/c1-16-11(15)3-2-7-13-10(14)6-8-12-9-4-5-9/h9,12H,2-8H2,1H3,(H,13,14). The molecule has 1 aliphatic rings. The van der Waals surface area contributed by atoms with Crippen LogP contribution in [0.2, 0.25) is 0 Å². The van der Waals surface area contributed by atoms with Crippen molar-refractivity contribution in [2.45, 2.75) is 38.1 Å². The normalized spacial score (nSPS) is 14.6. The van der Waals surface area contributed by atoms with Gasteiger partial charge in [-0.3, -0.25) is 9.59 Å². The van der Waals surface area contributed by atoms with Gasteiger partial charge in [-0.15, -0.1) is 0 Å². The third-order valence-electron chi connectivity index (χ3n) is 2.47. The van der Waals surface area contributed by atoms with Crippen molar-refractivity contribution in [1.29, 1.82) is 0 Å². The zero-order valence-electron chi connectivity index (χ0n) is 9.75. The number of methoxy groups -OCH3 is 1. The Bertz CT molecular complexity index is 239. The molecule has 1 amide bonds. The number of hydrogen-bond donors (Lipinski definition) is 2. The van der Waals surface area contributed by atoms with E-state index in [1.165, 1.54) is 20.0 Å². The predicted molar refractivity (Wildman–Crippen MR) is 59.9 cm³/mol. The molecule has 0 aromatic rings. The fourth-order valence-electron chi connectivity index (χ4n) is 1.33. The smallest absolute Gasteiger partial charge is 0.305 e. The Morgan fingerprint density at radius 2 is 2.00 bits per heavy atom. The Balaban J connectivity index is 1.86. The summed E-state index contributed by atoms with van der Waals surface area (Å²) in [6.45, 7) is 1.28. The lowest BCUT2D eigenvalue weighted by Gasteiger charge is -2.05. The van der Waals surface area contributed by atoms with Crippen molar-refractivity contribution in [3.8, 4) is 0 Å². The highest BCUT2D eigenvalue weighted by Crippen LogP contribution is 2.18. The summed E-state index contributed by atoms with van der Waals surface area (Å²) in [4.78, 5) is 22.1. The van der Waals surface area contributed by atoms with Crippen LogP contribution in [0, 0.1) is 0 Å². The Morgan fingerprint density at radius 1 is 1.25 bits per heavy atom. The molecule has 2 N–H and O–H groups in total. The van der Waals surface area contributed by atoms with Gasteiger partial charge in [0.25, 0.3) is 0 Å². The third-order valence-corrected chi connectivity index (χ3v) is 2.47. The fraction of sp³-hybridized carbons (Fsp3) is 0.818. The van der Waals surface area contributed by atoms with Gasteiger partial charge in [-0.25, -0.2) is 0 Å². The Hall–Kier alpha value is -1.10. The summed E-state index contributed by atoms with van der Waals surface area (Å²) in [7, 11) is 1.37. The molecule has 92 valence electrons. The molecular weight excluding hydrogens is 208 g/mol. The van der Waals surface area contributed by atoms with Crippen molar-refractivity contribution in [2.75, 3.05) is 20.2 Å². The topological polar surface area (TPSA) is 67.4 Å². The van der Waals surface area contributed by atoms with Crippen molar-refractivity contribution < 1.29 is 14.3 Å². The number of carbonyl (C=O) groups excluding carboxylic acids is 2. The summed E-state index contributed by atoms with van der Waals surface area (Å²) in [5, 5.41) is 6.04. The van der Waals surface area contributed by atoms with Crippen LogP contribution in [-0.2, 0) is 14.3 Å². The Labute approximate surface area is 95.9 Å². The number of esters is 1. The molecule has 0 aliphatic heterocycles. The average Bonchev–Trinajstić information content (AvgIpc) is 3.08. The molecule has 0 aromatic heterocycles. The van der Waals surface area contributed by atoms with E-state index in [0.717, 1.165) is 6.54 Å². The second-order valence-corrected chi connectivity index (χ2v) is 4.01. The SMILES string of the molecule is COC(=O)CCCNC(=O)CCNC1CC1. The summed E-state index contributed by atoms with van der Waals surface area (Å²) in [5.41, 5.74) is 0. The van der Waals surface area contributed by atoms with Crippen molar-refractivity contribution in [2.24, 2.45) is 0 Å². The second-order valence-electron chi connectivity index (χ2n) is 4.01. The molecule has 0 unspecified atom stereocenters. The fourth-order valence-corrected chi connectivity index (χ4v) is 1.33. The maximum Gasteiger partial charge on any atom is 0.305 e. The van der Waals surface area contributed by atoms with Crippen molar-refractivity contribution in [3.63, 3.8) is 0 Å². The molecule has 0 radical (unpaired) electrons. The van der Waals surface area contributed by atoms with Crippen LogP contribution in [-0.4, -0.2) is 38.1 Å². The zero-order chi connectivity index (χ0) is 11.8. The van der Waals surface area contributed by atoms with Crippen molar-refractivity contribution in [1.82, 2.24) is 10.6 Å². The highest BCUT2D eigenvalue weighted by atomic mass is 16.5. The molecule has 0 aromatic carbocycles. The first-order valence-electron chi connectivity index (χ1n) is 5.79. The molecule has 0 heterocycles. The highest BCUT2D eigenvalue weighted by Gasteiger charge is 2.19. The number of hydrogen-bond acceptors (Lipinski definition) is 4. The summed E-state index contributed by atoms with van der Waals surface area (Å²) in [6, 6.07) is 0.645. The van der Waals surface area contributed by atoms with Crippen LogP contribution in [0.1, 0.15) is 32.1 Å². The van der Waals surface area contributed by atoms with Gasteiger partial charge in [0.1, 0.15) is 0 Å². The lowest BCUT2D eigenvalue weighted by atomic mass is 10.3. The molecule has 1 rings (SSSR count). The third kappa shape index (κ3) is 6.40. The molecular formula is C11H20N2O3. The van der Waals surface area contributed by atoms with Gasteiger partial charge in [0.15, 0.2) is 0 Å². The van der Waals surface area contributed by atoms with Crippen LogP contribution < -0.4 is 10.6 Å². The quantitative estimate of drug-likeness (QED) is 0.460. The van der Waals surface area contributed by atoms with Crippen LogP contribution >= 0.6 is 0 Å². The maximum atomic E-state index is 11.3. The van der Waals surface area contributed by atoms with Crippen LogP contribution in [0.15, 0.2) is 0 Å². The van der Waals surface area contributed by atoms with E-state index in [-0.39, 0.29) is 11.9 Å². The van der Waals surface area contributed by atoms with E-state index in [0.29, 0.717) is 31.8 Å². The van der Waals surface area contributed by atoms with E-state index < -0.39 is 0 Å². The summed E-state index contributed by atoms with van der Waals surface area (Å²) >= 11 is 0. The Morgan fingerprint density at radius 3 is 2.62 bits per heavy atom. The van der Waals surface area contributed by atoms with E-state index in [9.17, 15) is 9.59 Å². The average molecular weight is 228 g/mol. The largest absolute Gasteiger partial charge is 0.469 e. The van der Waals surface area contributed by atoms with E-state index in [2.05, 4.69) is 15.4 Å². The molecule has 0 spiro atoms. The van der Waals surface area contributed by atoms with Crippen LogP contribution in [0.25, 0.3) is 0 Å². The van der Waals surface area contributed by atoms with Gasteiger partial charge < -0.3 is 15.4 Å². The first-order chi connectivity index (χ1) is 7.72. The molecule has 16 heavy (non-hydrogen) atoms. The number of rotatable bonds is 8. The van der Waals surface area contributed by atoms with Gasteiger partial charge in [-0.2, -0.15) is 0 Å². The number of carbonyl (C=O) groups is 2. The number of amides is 1. The highest BCUT2D eigenvalue weighted by molar-refractivity contribution is 5.76. The molecule has 5 heteroatoms. The molecule has 5 nitrogen and oxygen atoms in total.